The predicted octanol–water partition coefficient (Wildman–Crippen LogP) is 1.57. The van der Waals surface area contributed by atoms with Gasteiger partial charge in [0.15, 0.2) is 11.9 Å². The van der Waals surface area contributed by atoms with Gasteiger partial charge in [0, 0.05) is 38.6 Å². The zero-order chi connectivity index (χ0) is 23.5. The van der Waals surface area contributed by atoms with Crippen LogP contribution in [0, 0.1) is 5.41 Å². The van der Waals surface area contributed by atoms with E-state index in [1.54, 1.807) is 26.2 Å². The minimum atomic E-state index is -1.66. The molecule has 2 atom stereocenters. The number of rotatable bonds is 9. The Hall–Kier alpha value is -2.49. The number of nitrogens with one attached hydrogen (secondary N) is 3. The Morgan fingerprint density at radius 3 is 2.47 bits per heavy atom. The van der Waals surface area contributed by atoms with E-state index in [-0.39, 0.29) is 36.4 Å². The maximum Gasteiger partial charge on any atom is 0.256 e. The summed E-state index contributed by atoms with van der Waals surface area (Å²) in [7, 11) is 1.68. The van der Waals surface area contributed by atoms with Crippen molar-refractivity contribution in [2.24, 2.45) is 12.5 Å². The van der Waals surface area contributed by atoms with Crippen molar-refractivity contribution < 1.29 is 23.9 Å². The molecule has 2 fully saturated rings. The number of hydrogen-bond acceptors (Lipinski definition) is 5. The number of halogens is 1. The first-order valence-electron chi connectivity index (χ1n) is 11.3. The molecule has 10 heteroatoms. The van der Waals surface area contributed by atoms with Gasteiger partial charge in [-0.1, -0.05) is 26.7 Å². The van der Waals surface area contributed by atoms with Crippen LogP contribution in [0.1, 0.15) is 65.2 Å². The summed E-state index contributed by atoms with van der Waals surface area (Å²) < 4.78 is 15.4. The zero-order valence-electron chi connectivity index (χ0n) is 19.0. The van der Waals surface area contributed by atoms with E-state index in [4.69, 9.17) is 0 Å². The Labute approximate surface area is 187 Å². The molecular weight excluding hydrogens is 417 g/mol. The number of aliphatic hydroxyl groups excluding tert-OH is 1. The van der Waals surface area contributed by atoms with E-state index >= 15 is 0 Å². The number of aryl methyl sites for hydroxylation is 1. The van der Waals surface area contributed by atoms with Crippen LogP contribution >= 0.6 is 0 Å². The fourth-order valence-electron chi connectivity index (χ4n) is 4.82. The highest BCUT2D eigenvalue weighted by Gasteiger charge is 2.54. The summed E-state index contributed by atoms with van der Waals surface area (Å²) in [5.74, 6) is -1.29. The van der Waals surface area contributed by atoms with Crippen molar-refractivity contribution in [2.45, 2.75) is 89.1 Å². The minimum absolute atomic E-state index is 0.0760. The molecule has 32 heavy (non-hydrogen) atoms. The molecule has 0 aliphatic heterocycles. The molecular formula is C22H34FN5O4. The van der Waals surface area contributed by atoms with Gasteiger partial charge in [-0.25, -0.2) is 4.39 Å². The molecule has 9 nitrogen and oxygen atoms in total. The monoisotopic (exact) mass is 451 g/mol. The van der Waals surface area contributed by atoms with Crippen LogP contribution in [0.25, 0.3) is 0 Å². The fraction of sp³-hybridized carbons (Fsp3) is 0.727. The normalized spacial score (nSPS) is 26.0. The third kappa shape index (κ3) is 5.46. The van der Waals surface area contributed by atoms with E-state index in [1.165, 1.54) is 4.68 Å². The average Bonchev–Trinajstić information content (AvgIpc) is 3.33. The van der Waals surface area contributed by atoms with E-state index in [1.807, 2.05) is 0 Å². The van der Waals surface area contributed by atoms with Crippen LogP contribution in [0.15, 0.2) is 12.3 Å². The third-order valence-electron chi connectivity index (χ3n) is 6.76. The summed E-state index contributed by atoms with van der Waals surface area (Å²) in [4.78, 5) is 37.9. The van der Waals surface area contributed by atoms with Crippen LogP contribution < -0.4 is 16.0 Å². The van der Waals surface area contributed by atoms with Gasteiger partial charge in [0.05, 0.1) is 5.54 Å². The minimum Gasteiger partial charge on any atom is -0.381 e. The summed E-state index contributed by atoms with van der Waals surface area (Å²) in [6.45, 7) is 3.80. The molecule has 0 bridgehead atoms. The first kappa shape index (κ1) is 24.2. The van der Waals surface area contributed by atoms with Crippen molar-refractivity contribution in [3.8, 4) is 0 Å². The standard InChI is InChI=1S/C22H34FN5O4/c1-4-17(29)24-15(13-21(2)8-5-6-9-21)19(31)26-22(11-14(23)12-22)18(30)20(32)25-16-7-10-28(3)27-16/h7,10,14-15,18,30H,4-6,8-9,11-13H2,1-3H3,(H,24,29)(H,26,31)(H,25,27,32)/t14-,15-,18?,22-/m0/s1. The van der Waals surface area contributed by atoms with Crippen LogP contribution in [-0.4, -0.2) is 56.5 Å². The second kappa shape index (κ2) is 9.56. The van der Waals surface area contributed by atoms with Crippen molar-refractivity contribution in [1.82, 2.24) is 20.4 Å². The van der Waals surface area contributed by atoms with Crippen molar-refractivity contribution in [3.05, 3.63) is 12.3 Å². The van der Waals surface area contributed by atoms with E-state index in [2.05, 4.69) is 28.0 Å². The van der Waals surface area contributed by atoms with Crippen molar-refractivity contribution in [2.75, 3.05) is 5.32 Å². The Morgan fingerprint density at radius 1 is 1.28 bits per heavy atom. The quantitative estimate of drug-likeness (QED) is 0.454. The molecule has 1 aromatic heterocycles. The second-order valence-corrected chi connectivity index (χ2v) is 9.61. The van der Waals surface area contributed by atoms with Gasteiger partial charge in [0.25, 0.3) is 5.91 Å². The molecule has 0 spiro atoms. The lowest BCUT2D eigenvalue weighted by atomic mass is 9.70. The van der Waals surface area contributed by atoms with Crippen molar-refractivity contribution in [3.63, 3.8) is 0 Å². The smallest absolute Gasteiger partial charge is 0.256 e. The van der Waals surface area contributed by atoms with Gasteiger partial charge in [0.1, 0.15) is 12.2 Å². The summed E-state index contributed by atoms with van der Waals surface area (Å²) >= 11 is 0. The SMILES string of the molecule is CCC(=O)N[C@@H](CC1(C)CCCC1)C(=O)N[C@]1(C(O)C(=O)Nc2ccn(C)n2)C[C@@H](F)C1. The number of carbonyl (C=O) groups excluding carboxylic acids is 3. The molecule has 178 valence electrons. The molecule has 2 aliphatic carbocycles. The van der Waals surface area contributed by atoms with E-state index in [9.17, 15) is 23.9 Å². The Kier molecular flexibility index (Phi) is 7.22. The molecule has 2 saturated carbocycles. The number of aromatic nitrogens is 2. The Morgan fingerprint density at radius 2 is 1.94 bits per heavy atom. The van der Waals surface area contributed by atoms with E-state index < -0.39 is 35.7 Å². The van der Waals surface area contributed by atoms with E-state index in [0.717, 1.165) is 25.7 Å². The van der Waals surface area contributed by atoms with Gasteiger partial charge in [-0.3, -0.25) is 19.1 Å². The summed E-state index contributed by atoms with van der Waals surface area (Å²) in [6, 6.07) is 0.750. The lowest BCUT2D eigenvalue weighted by molar-refractivity contribution is -0.142. The molecule has 3 amide bonds. The second-order valence-electron chi connectivity index (χ2n) is 9.61. The highest BCUT2D eigenvalue weighted by Crippen LogP contribution is 2.42. The lowest BCUT2D eigenvalue weighted by Gasteiger charge is -2.47. The lowest BCUT2D eigenvalue weighted by Crippen LogP contribution is -2.69. The van der Waals surface area contributed by atoms with Crippen LogP contribution in [0.5, 0.6) is 0 Å². The number of carbonyl (C=O) groups is 3. The fourth-order valence-corrected chi connectivity index (χ4v) is 4.82. The number of alkyl halides is 1. The molecule has 4 N–H and O–H groups in total. The summed E-state index contributed by atoms with van der Waals surface area (Å²) in [5.41, 5.74) is -1.51. The van der Waals surface area contributed by atoms with Crippen LogP contribution in [0.3, 0.4) is 0 Å². The maximum absolute atomic E-state index is 13.9. The first-order chi connectivity index (χ1) is 15.1. The summed E-state index contributed by atoms with van der Waals surface area (Å²) in [6.07, 6.45) is 3.14. The van der Waals surface area contributed by atoms with Crippen LogP contribution in [-0.2, 0) is 21.4 Å². The maximum atomic E-state index is 13.9. The number of aliphatic hydroxyl groups is 1. The third-order valence-corrected chi connectivity index (χ3v) is 6.76. The Bertz CT molecular complexity index is 845. The zero-order valence-corrected chi connectivity index (χ0v) is 19.0. The molecule has 1 unspecified atom stereocenters. The van der Waals surface area contributed by atoms with Crippen molar-refractivity contribution >= 4 is 23.5 Å². The van der Waals surface area contributed by atoms with Gasteiger partial charge in [-0.15, -0.1) is 0 Å². The van der Waals surface area contributed by atoms with E-state index in [0.29, 0.717) is 6.42 Å². The molecule has 0 saturated heterocycles. The van der Waals surface area contributed by atoms with Crippen LogP contribution in [0.2, 0.25) is 0 Å². The molecule has 1 heterocycles. The summed E-state index contributed by atoms with van der Waals surface area (Å²) in [5, 5.41) is 22.8. The molecule has 1 aromatic rings. The molecule has 0 aromatic carbocycles. The topological polar surface area (TPSA) is 125 Å². The Balaban J connectivity index is 1.73. The van der Waals surface area contributed by atoms with Gasteiger partial charge >= 0.3 is 0 Å². The van der Waals surface area contributed by atoms with Gasteiger partial charge in [0.2, 0.25) is 11.8 Å². The van der Waals surface area contributed by atoms with Crippen LogP contribution in [0.4, 0.5) is 10.2 Å². The number of amides is 3. The van der Waals surface area contributed by atoms with Gasteiger partial charge < -0.3 is 21.1 Å². The van der Waals surface area contributed by atoms with Gasteiger partial charge in [-0.2, -0.15) is 5.10 Å². The average molecular weight is 452 g/mol. The largest absolute Gasteiger partial charge is 0.381 e. The number of anilines is 1. The molecule has 2 aliphatic rings. The van der Waals surface area contributed by atoms with Crippen molar-refractivity contribution in [1.29, 1.82) is 0 Å². The predicted molar refractivity (Wildman–Crippen MR) is 116 cm³/mol. The number of hydrogen-bond donors (Lipinski definition) is 4. The first-order valence-corrected chi connectivity index (χ1v) is 11.3. The molecule has 0 radical (unpaired) electrons. The molecule has 3 rings (SSSR count). The highest BCUT2D eigenvalue weighted by molar-refractivity contribution is 5.95. The highest BCUT2D eigenvalue weighted by atomic mass is 19.1. The van der Waals surface area contributed by atoms with Gasteiger partial charge in [-0.05, 0) is 24.7 Å². The number of nitrogens with zero attached hydrogens (tertiary/aromatic N) is 2.